The van der Waals surface area contributed by atoms with Crippen LogP contribution < -0.4 is 10.0 Å². The summed E-state index contributed by atoms with van der Waals surface area (Å²) < 4.78 is 31.9. The molecule has 0 spiro atoms. The third-order valence-corrected chi connectivity index (χ3v) is 4.24. The lowest BCUT2D eigenvalue weighted by atomic mass is 10.2. The standard InChI is InChI=1S/C14H26N2O3S/c1-4-5-6-7-10-16-20(17,18)14-9-8-13(19-14)11-15-12(2)3/h8-9,12,15-16H,4-7,10-11H2,1-3H3. The summed E-state index contributed by atoms with van der Waals surface area (Å²) in [6.07, 6.45) is 4.17. The van der Waals surface area contributed by atoms with Crippen LogP contribution in [0.4, 0.5) is 0 Å². The Hall–Kier alpha value is -0.850. The van der Waals surface area contributed by atoms with E-state index in [0.717, 1.165) is 25.7 Å². The van der Waals surface area contributed by atoms with Gasteiger partial charge in [-0.25, -0.2) is 13.1 Å². The molecule has 0 unspecified atom stereocenters. The maximum atomic E-state index is 12.0. The molecule has 0 saturated carbocycles. The van der Waals surface area contributed by atoms with Crippen molar-refractivity contribution in [2.24, 2.45) is 0 Å². The minimum atomic E-state index is -3.51. The number of furan rings is 1. The van der Waals surface area contributed by atoms with Gasteiger partial charge in [-0.2, -0.15) is 0 Å². The van der Waals surface area contributed by atoms with E-state index in [0.29, 0.717) is 24.9 Å². The molecule has 0 aliphatic heterocycles. The average molecular weight is 302 g/mol. The van der Waals surface area contributed by atoms with E-state index in [1.54, 1.807) is 6.07 Å². The largest absolute Gasteiger partial charge is 0.447 e. The number of nitrogens with one attached hydrogen (secondary N) is 2. The van der Waals surface area contributed by atoms with Crippen LogP contribution in [-0.4, -0.2) is 21.0 Å². The number of unbranched alkanes of at least 4 members (excludes halogenated alkanes) is 3. The summed E-state index contributed by atoms with van der Waals surface area (Å²) >= 11 is 0. The Balaban J connectivity index is 2.46. The Morgan fingerprint density at radius 2 is 1.95 bits per heavy atom. The molecule has 0 fully saturated rings. The second-order valence-corrected chi connectivity index (χ2v) is 6.91. The zero-order chi connectivity index (χ0) is 15.0. The molecule has 20 heavy (non-hydrogen) atoms. The Morgan fingerprint density at radius 1 is 1.20 bits per heavy atom. The van der Waals surface area contributed by atoms with Gasteiger partial charge in [0.05, 0.1) is 6.54 Å². The van der Waals surface area contributed by atoms with Gasteiger partial charge in [0.1, 0.15) is 5.76 Å². The summed E-state index contributed by atoms with van der Waals surface area (Å²) in [7, 11) is -3.51. The Bertz CT molecular complexity index is 480. The molecule has 0 radical (unpaired) electrons. The fraction of sp³-hybridized carbons (Fsp3) is 0.714. The number of hydrogen-bond acceptors (Lipinski definition) is 4. The minimum Gasteiger partial charge on any atom is -0.447 e. The lowest BCUT2D eigenvalue weighted by Crippen LogP contribution is -2.24. The number of hydrogen-bond donors (Lipinski definition) is 2. The van der Waals surface area contributed by atoms with E-state index < -0.39 is 10.0 Å². The molecule has 0 aliphatic rings. The van der Waals surface area contributed by atoms with Crippen LogP contribution in [0.1, 0.15) is 52.2 Å². The van der Waals surface area contributed by atoms with E-state index in [1.807, 2.05) is 13.8 Å². The second kappa shape index (κ2) is 8.44. The molecule has 0 amide bonds. The summed E-state index contributed by atoms with van der Waals surface area (Å²) in [6, 6.07) is 3.53. The van der Waals surface area contributed by atoms with Crippen LogP contribution in [0.25, 0.3) is 0 Å². The third-order valence-electron chi connectivity index (χ3n) is 2.91. The van der Waals surface area contributed by atoms with E-state index in [4.69, 9.17) is 4.42 Å². The summed E-state index contributed by atoms with van der Waals surface area (Å²) in [5.74, 6) is 0.630. The minimum absolute atomic E-state index is 0.00597. The maximum absolute atomic E-state index is 12.0. The highest BCUT2D eigenvalue weighted by Crippen LogP contribution is 2.14. The first-order valence-corrected chi connectivity index (χ1v) is 8.75. The summed E-state index contributed by atoms with van der Waals surface area (Å²) in [5, 5.41) is 3.18. The molecule has 0 aromatic carbocycles. The third kappa shape index (κ3) is 6.07. The van der Waals surface area contributed by atoms with Crippen molar-refractivity contribution in [1.29, 1.82) is 0 Å². The second-order valence-electron chi connectivity index (χ2n) is 5.21. The Kier molecular flexibility index (Phi) is 7.26. The number of rotatable bonds is 10. The van der Waals surface area contributed by atoms with Crippen LogP contribution in [0.3, 0.4) is 0 Å². The molecular formula is C14H26N2O3S. The van der Waals surface area contributed by atoms with Crippen LogP contribution >= 0.6 is 0 Å². The van der Waals surface area contributed by atoms with Crippen LogP contribution in [-0.2, 0) is 16.6 Å². The Labute approximate surface area is 122 Å². The van der Waals surface area contributed by atoms with Gasteiger partial charge < -0.3 is 9.73 Å². The van der Waals surface area contributed by atoms with Crippen LogP contribution in [0.2, 0.25) is 0 Å². The fourth-order valence-electron chi connectivity index (χ4n) is 1.73. The van der Waals surface area contributed by atoms with Crippen molar-refractivity contribution in [2.75, 3.05) is 6.54 Å². The predicted molar refractivity (Wildman–Crippen MR) is 80.0 cm³/mol. The zero-order valence-electron chi connectivity index (χ0n) is 12.6. The van der Waals surface area contributed by atoms with Gasteiger partial charge in [-0.15, -0.1) is 0 Å². The number of sulfonamides is 1. The predicted octanol–water partition coefficient (Wildman–Crippen LogP) is 2.64. The van der Waals surface area contributed by atoms with Crippen molar-refractivity contribution in [3.8, 4) is 0 Å². The SMILES string of the molecule is CCCCCCNS(=O)(=O)c1ccc(CNC(C)C)o1. The Morgan fingerprint density at radius 3 is 2.60 bits per heavy atom. The van der Waals surface area contributed by atoms with Gasteiger partial charge in [-0.05, 0) is 18.6 Å². The molecule has 6 heteroatoms. The molecule has 0 atom stereocenters. The van der Waals surface area contributed by atoms with Gasteiger partial charge in [0.2, 0.25) is 5.09 Å². The molecule has 1 rings (SSSR count). The highest BCUT2D eigenvalue weighted by molar-refractivity contribution is 7.89. The first-order chi connectivity index (χ1) is 9.45. The van der Waals surface area contributed by atoms with Crippen LogP contribution in [0.5, 0.6) is 0 Å². The molecule has 5 nitrogen and oxygen atoms in total. The van der Waals surface area contributed by atoms with Gasteiger partial charge in [0.25, 0.3) is 10.0 Å². The van der Waals surface area contributed by atoms with Crippen molar-refractivity contribution < 1.29 is 12.8 Å². The van der Waals surface area contributed by atoms with E-state index >= 15 is 0 Å². The average Bonchev–Trinajstić information content (AvgIpc) is 2.85. The monoisotopic (exact) mass is 302 g/mol. The van der Waals surface area contributed by atoms with Gasteiger partial charge >= 0.3 is 0 Å². The quantitative estimate of drug-likeness (QED) is 0.652. The van der Waals surface area contributed by atoms with Gasteiger partial charge in [-0.3, -0.25) is 0 Å². The van der Waals surface area contributed by atoms with E-state index in [9.17, 15) is 8.42 Å². The first-order valence-electron chi connectivity index (χ1n) is 7.27. The lowest BCUT2D eigenvalue weighted by Gasteiger charge is -2.06. The summed E-state index contributed by atoms with van der Waals surface area (Å²) in [5.41, 5.74) is 0. The van der Waals surface area contributed by atoms with Crippen molar-refractivity contribution in [3.05, 3.63) is 17.9 Å². The molecule has 1 aromatic heterocycles. The van der Waals surface area contributed by atoms with Gasteiger partial charge in [0, 0.05) is 12.6 Å². The van der Waals surface area contributed by atoms with Crippen molar-refractivity contribution in [2.45, 2.75) is 64.1 Å². The summed E-state index contributed by atoms with van der Waals surface area (Å²) in [4.78, 5) is 0. The molecule has 1 heterocycles. The van der Waals surface area contributed by atoms with Crippen molar-refractivity contribution >= 4 is 10.0 Å². The fourth-order valence-corrected chi connectivity index (χ4v) is 2.75. The van der Waals surface area contributed by atoms with Gasteiger partial charge in [0.15, 0.2) is 0 Å². The molecule has 0 aliphatic carbocycles. The van der Waals surface area contributed by atoms with E-state index in [-0.39, 0.29) is 5.09 Å². The molecule has 0 saturated heterocycles. The molecule has 2 N–H and O–H groups in total. The normalized spacial score (nSPS) is 12.2. The van der Waals surface area contributed by atoms with E-state index in [1.165, 1.54) is 6.07 Å². The summed E-state index contributed by atoms with van der Waals surface area (Å²) in [6.45, 7) is 7.17. The zero-order valence-corrected chi connectivity index (χ0v) is 13.4. The molecule has 0 bridgehead atoms. The highest BCUT2D eigenvalue weighted by Gasteiger charge is 2.17. The van der Waals surface area contributed by atoms with Crippen LogP contribution in [0.15, 0.2) is 21.6 Å². The smallest absolute Gasteiger partial charge is 0.273 e. The van der Waals surface area contributed by atoms with Crippen molar-refractivity contribution in [1.82, 2.24) is 10.0 Å². The molecule has 116 valence electrons. The molecule has 1 aromatic rings. The van der Waals surface area contributed by atoms with Gasteiger partial charge in [-0.1, -0.05) is 40.0 Å². The van der Waals surface area contributed by atoms with E-state index in [2.05, 4.69) is 17.0 Å². The van der Waals surface area contributed by atoms with Crippen LogP contribution in [0, 0.1) is 0 Å². The topological polar surface area (TPSA) is 71.3 Å². The molecular weight excluding hydrogens is 276 g/mol. The first kappa shape index (κ1) is 17.2. The highest BCUT2D eigenvalue weighted by atomic mass is 32.2. The van der Waals surface area contributed by atoms with Crippen molar-refractivity contribution in [3.63, 3.8) is 0 Å². The maximum Gasteiger partial charge on any atom is 0.273 e. The lowest BCUT2D eigenvalue weighted by molar-refractivity contribution is 0.393.